The number of hydrogen-bond donors (Lipinski definition) is 0. The molecule has 40 heavy (non-hydrogen) atoms. The number of nitrogens with zero attached hydrogens (tertiary/aromatic N) is 1. The molecule has 0 unspecified atom stereocenters. The van der Waals surface area contributed by atoms with Crippen LogP contribution in [0.3, 0.4) is 0 Å². The van der Waals surface area contributed by atoms with Crippen molar-refractivity contribution in [2.45, 2.75) is 71.6 Å². The van der Waals surface area contributed by atoms with E-state index in [-0.39, 0.29) is 17.0 Å². The smallest absolute Gasteiger partial charge is 0.356 e. The zero-order chi connectivity index (χ0) is 29.2. The molecule has 2 aromatic carbocycles. The van der Waals surface area contributed by atoms with Crippen LogP contribution >= 0.6 is 0 Å². The molecule has 3 heterocycles. The van der Waals surface area contributed by atoms with E-state index in [1.165, 1.54) is 11.8 Å². The summed E-state index contributed by atoms with van der Waals surface area (Å²) in [4.78, 5) is 57.9. The van der Waals surface area contributed by atoms with E-state index in [0.29, 0.717) is 11.1 Å². The molecule has 0 spiro atoms. The molecule has 3 atom stereocenters. The molecule has 0 N–H and O–H groups in total. The summed E-state index contributed by atoms with van der Waals surface area (Å²) in [6.07, 6.45) is 3.39. The molecule has 3 aliphatic rings. The second kappa shape index (κ2) is 9.18. The Morgan fingerprint density at radius 1 is 0.850 bits per heavy atom. The van der Waals surface area contributed by atoms with Gasteiger partial charge in [0.25, 0.3) is 0 Å². The van der Waals surface area contributed by atoms with Crippen LogP contribution in [0.4, 0.5) is 0 Å². The fourth-order valence-electron chi connectivity index (χ4n) is 5.89. The molecular formula is C32H33NO7. The Morgan fingerprint density at radius 2 is 1.43 bits per heavy atom. The third-order valence-corrected chi connectivity index (χ3v) is 7.24. The highest BCUT2D eigenvalue weighted by Gasteiger charge is 2.68. The minimum absolute atomic E-state index is 0.0775. The molecular weight excluding hydrogens is 510 g/mol. The summed E-state index contributed by atoms with van der Waals surface area (Å²) in [6, 6.07) is 13.1. The molecule has 8 heteroatoms. The quantitative estimate of drug-likeness (QED) is 0.294. The van der Waals surface area contributed by atoms with Gasteiger partial charge in [0.1, 0.15) is 22.6 Å². The highest BCUT2D eigenvalue weighted by molar-refractivity contribution is 6.12. The van der Waals surface area contributed by atoms with E-state index in [1.54, 1.807) is 84.2 Å². The van der Waals surface area contributed by atoms with E-state index < -0.39 is 52.3 Å². The number of Topliss-reactive ketones (excluding diaryl/α,β-unsaturated/α-hetero) is 1. The first-order valence-electron chi connectivity index (χ1n) is 13.3. The highest BCUT2D eigenvalue weighted by Crippen LogP contribution is 2.63. The second-order valence-electron chi connectivity index (χ2n) is 12.3. The van der Waals surface area contributed by atoms with E-state index in [2.05, 4.69) is 0 Å². The molecule has 208 valence electrons. The Morgan fingerprint density at radius 3 is 2.05 bits per heavy atom. The summed E-state index contributed by atoms with van der Waals surface area (Å²) >= 11 is 0. The van der Waals surface area contributed by atoms with Crippen LogP contribution in [0.5, 0.6) is 5.75 Å². The maximum atomic E-state index is 14.2. The molecule has 3 aliphatic heterocycles. The molecule has 0 saturated carbocycles. The fourth-order valence-corrected chi connectivity index (χ4v) is 5.89. The standard InChI is InChI=1S/C32H33NO7/c1-18(34)32-24(21-14-10-11-15-22(21)38-29(32)37)23(27(35)39-30(2,3)4)25(28(36)40-31(5,6)7)33-17-16-19-12-8-9-13-20(19)26(32)33/h8-17,24,26H,1-7H3/t24-,26+,32-/m0/s1. The predicted molar refractivity (Wildman–Crippen MR) is 147 cm³/mol. The summed E-state index contributed by atoms with van der Waals surface area (Å²) < 4.78 is 17.5. The summed E-state index contributed by atoms with van der Waals surface area (Å²) in [5.74, 6) is -3.85. The minimum Gasteiger partial charge on any atom is -0.457 e. The average molecular weight is 544 g/mol. The van der Waals surface area contributed by atoms with Crippen LogP contribution in [0.15, 0.2) is 66.0 Å². The Balaban J connectivity index is 1.94. The topological polar surface area (TPSA) is 99.2 Å². The van der Waals surface area contributed by atoms with E-state index in [4.69, 9.17) is 14.2 Å². The third-order valence-electron chi connectivity index (χ3n) is 7.24. The molecule has 0 aliphatic carbocycles. The first-order chi connectivity index (χ1) is 18.7. The molecule has 2 aromatic rings. The summed E-state index contributed by atoms with van der Waals surface area (Å²) in [7, 11) is 0. The SMILES string of the molecule is CC(=O)[C@]12C(=O)Oc3ccccc3[C@H]1C(C(=O)OC(C)(C)C)=C(C(=O)OC(C)(C)C)N1C=Cc3ccccc3[C@@H]12. The van der Waals surface area contributed by atoms with E-state index >= 15 is 0 Å². The number of carbonyl (C=O) groups is 4. The van der Waals surface area contributed by atoms with Gasteiger partial charge in [-0.2, -0.15) is 0 Å². The van der Waals surface area contributed by atoms with E-state index in [9.17, 15) is 19.2 Å². The average Bonchev–Trinajstić information content (AvgIpc) is 2.85. The van der Waals surface area contributed by atoms with Crippen molar-refractivity contribution in [3.05, 3.63) is 82.7 Å². The van der Waals surface area contributed by atoms with Crippen LogP contribution in [0.1, 0.15) is 77.1 Å². The molecule has 0 amide bonds. The van der Waals surface area contributed by atoms with Crippen LogP contribution in [0.25, 0.3) is 6.08 Å². The van der Waals surface area contributed by atoms with Crippen molar-refractivity contribution in [2.75, 3.05) is 0 Å². The fraction of sp³-hybridized carbons (Fsp3) is 0.375. The van der Waals surface area contributed by atoms with E-state index in [1.807, 2.05) is 18.2 Å². The highest BCUT2D eigenvalue weighted by atomic mass is 16.6. The van der Waals surface area contributed by atoms with Gasteiger partial charge >= 0.3 is 17.9 Å². The number of carbonyl (C=O) groups excluding carboxylic acids is 4. The van der Waals surface area contributed by atoms with Crippen molar-refractivity contribution in [1.29, 1.82) is 0 Å². The summed E-state index contributed by atoms with van der Waals surface area (Å²) in [5.41, 5.74) is -2.08. The lowest BCUT2D eigenvalue weighted by molar-refractivity contribution is -0.167. The molecule has 0 bridgehead atoms. The van der Waals surface area contributed by atoms with Crippen molar-refractivity contribution < 1.29 is 33.4 Å². The molecule has 0 aromatic heterocycles. The molecule has 5 rings (SSSR count). The van der Waals surface area contributed by atoms with Crippen molar-refractivity contribution in [1.82, 2.24) is 4.90 Å². The number of benzene rings is 2. The Labute approximate surface area is 233 Å². The van der Waals surface area contributed by atoms with Gasteiger partial charge in [-0.3, -0.25) is 9.59 Å². The van der Waals surface area contributed by atoms with Crippen LogP contribution in [0.2, 0.25) is 0 Å². The zero-order valence-electron chi connectivity index (χ0n) is 23.7. The molecule has 0 saturated heterocycles. The number of rotatable bonds is 3. The second-order valence-corrected chi connectivity index (χ2v) is 12.3. The zero-order valence-corrected chi connectivity index (χ0v) is 23.7. The van der Waals surface area contributed by atoms with Crippen LogP contribution in [-0.4, -0.2) is 39.8 Å². The van der Waals surface area contributed by atoms with Crippen LogP contribution < -0.4 is 4.74 Å². The number of ether oxygens (including phenoxy) is 3. The van der Waals surface area contributed by atoms with Crippen molar-refractivity contribution in [3.63, 3.8) is 0 Å². The number of esters is 3. The predicted octanol–water partition coefficient (Wildman–Crippen LogP) is 5.24. The van der Waals surface area contributed by atoms with Gasteiger partial charge in [-0.15, -0.1) is 0 Å². The molecule has 8 nitrogen and oxygen atoms in total. The van der Waals surface area contributed by atoms with Gasteiger partial charge in [-0.05, 0) is 71.7 Å². The van der Waals surface area contributed by atoms with Gasteiger partial charge in [0.15, 0.2) is 11.2 Å². The monoisotopic (exact) mass is 543 g/mol. The van der Waals surface area contributed by atoms with Gasteiger partial charge in [0.05, 0.1) is 11.6 Å². The first-order valence-corrected chi connectivity index (χ1v) is 13.3. The Bertz CT molecular complexity index is 1500. The van der Waals surface area contributed by atoms with E-state index in [0.717, 1.165) is 5.56 Å². The van der Waals surface area contributed by atoms with Gasteiger partial charge in [0.2, 0.25) is 0 Å². The van der Waals surface area contributed by atoms with Crippen LogP contribution in [0, 0.1) is 5.41 Å². The first kappa shape index (κ1) is 27.4. The normalized spacial score (nSPS) is 23.3. The number of para-hydroxylation sites is 1. The Hall–Kier alpha value is -4.20. The third kappa shape index (κ3) is 4.22. The molecule has 0 fully saturated rings. The lowest BCUT2D eigenvalue weighted by atomic mass is 9.56. The van der Waals surface area contributed by atoms with Crippen molar-refractivity contribution >= 4 is 29.8 Å². The van der Waals surface area contributed by atoms with Gasteiger partial charge in [-0.25, -0.2) is 9.59 Å². The van der Waals surface area contributed by atoms with Gasteiger partial charge < -0.3 is 19.1 Å². The van der Waals surface area contributed by atoms with Crippen molar-refractivity contribution in [2.24, 2.45) is 5.41 Å². The van der Waals surface area contributed by atoms with Gasteiger partial charge in [0, 0.05) is 17.7 Å². The van der Waals surface area contributed by atoms with Crippen molar-refractivity contribution in [3.8, 4) is 5.75 Å². The summed E-state index contributed by atoms with van der Waals surface area (Å²) in [5, 5.41) is 0. The number of hydrogen-bond acceptors (Lipinski definition) is 8. The van der Waals surface area contributed by atoms with Gasteiger partial charge in [-0.1, -0.05) is 42.5 Å². The largest absolute Gasteiger partial charge is 0.457 e. The lowest BCUT2D eigenvalue weighted by Crippen LogP contribution is -2.61. The van der Waals surface area contributed by atoms with Crippen LogP contribution in [-0.2, 0) is 28.7 Å². The Kier molecular flexibility index (Phi) is 6.28. The molecule has 0 radical (unpaired) electrons. The number of ketones is 1. The minimum atomic E-state index is -1.91. The maximum absolute atomic E-state index is 14.2. The lowest BCUT2D eigenvalue weighted by Gasteiger charge is -2.54. The maximum Gasteiger partial charge on any atom is 0.356 e. The number of fused-ring (bicyclic) bond motifs is 7. The summed E-state index contributed by atoms with van der Waals surface area (Å²) in [6.45, 7) is 11.6.